The van der Waals surface area contributed by atoms with Crippen molar-refractivity contribution < 1.29 is 9.53 Å². The molecule has 0 radical (unpaired) electrons. The highest BCUT2D eigenvalue weighted by molar-refractivity contribution is 7.22. The topological polar surface area (TPSA) is 73.2 Å². The minimum Gasteiger partial charge on any atom is -0.497 e. The molecule has 0 saturated heterocycles. The Kier molecular flexibility index (Phi) is 6.19. The number of ether oxygens (including phenoxy) is 1. The van der Waals surface area contributed by atoms with Crippen molar-refractivity contribution in [3.05, 3.63) is 82.4 Å². The lowest BCUT2D eigenvalue weighted by atomic mass is 9.80. The maximum atomic E-state index is 13.1. The van der Waals surface area contributed by atoms with Gasteiger partial charge in [0.25, 0.3) is 5.56 Å². The van der Waals surface area contributed by atoms with Crippen molar-refractivity contribution in [1.29, 1.82) is 0 Å². The second kappa shape index (κ2) is 9.30. The van der Waals surface area contributed by atoms with E-state index in [1.165, 1.54) is 33.4 Å². The highest BCUT2D eigenvalue weighted by Crippen LogP contribution is 2.35. The summed E-state index contributed by atoms with van der Waals surface area (Å²) in [6.07, 6.45) is 4.16. The number of benzene rings is 2. The van der Waals surface area contributed by atoms with E-state index in [2.05, 4.69) is 48.4 Å². The zero-order valence-corrected chi connectivity index (χ0v) is 21.0. The molecule has 2 aromatic heterocycles. The molecule has 0 aliphatic heterocycles. The lowest BCUT2D eigenvalue weighted by Crippen LogP contribution is -2.40. The molecule has 2 heterocycles. The third-order valence-electron chi connectivity index (χ3n) is 6.89. The molecule has 0 spiro atoms. The van der Waals surface area contributed by atoms with Crippen LogP contribution in [0.3, 0.4) is 0 Å². The zero-order chi connectivity index (χ0) is 24.6. The number of rotatable bonds is 5. The molecule has 35 heavy (non-hydrogen) atoms. The smallest absolute Gasteiger partial charge is 0.271 e. The van der Waals surface area contributed by atoms with E-state index in [1.54, 1.807) is 7.11 Å². The number of carbonyl (C=O) groups is 1. The summed E-state index contributed by atoms with van der Waals surface area (Å²) in [5.41, 5.74) is 4.16. The van der Waals surface area contributed by atoms with E-state index in [0.717, 1.165) is 35.5 Å². The summed E-state index contributed by atoms with van der Waals surface area (Å²) in [5, 5.41) is 3.17. The van der Waals surface area contributed by atoms with Gasteiger partial charge in [-0.3, -0.25) is 14.2 Å². The van der Waals surface area contributed by atoms with Gasteiger partial charge in [0.2, 0.25) is 5.91 Å². The number of nitrogens with zero attached hydrogens (tertiary/aromatic N) is 2. The molecule has 5 rings (SSSR count). The number of nitrogens with one attached hydrogen (secondary N) is 1. The SMILES string of the molecule is COc1ccc(-c2cc3ncn(CC(=O)NC4CCC(C)(C)c5ccccc5C4)c(=O)c3s2)cc1. The third kappa shape index (κ3) is 4.73. The molecular weight excluding hydrogens is 458 g/mol. The van der Waals surface area contributed by atoms with Gasteiger partial charge < -0.3 is 10.1 Å². The van der Waals surface area contributed by atoms with Gasteiger partial charge in [-0.1, -0.05) is 38.1 Å². The molecule has 2 aromatic carbocycles. The fraction of sp³-hybridized carbons (Fsp3) is 0.321. The fourth-order valence-electron chi connectivity index (χ4n) is 4.90. The molecule has 180 valence electrons. The predicted molar refractivity (Wildman–Crippen MR) is 140 cm³/mol. The maximum Gasteiger partial charge on any atom is 0.271 e. The van der Waals surface area contributed by atoms with Gasteiger partial charge in [0.15, 0.2) is 0 Å². The molecule has 0 saturated carbocycles. The highest BCUT2D eigenvalue weighted by atomic mass is 32.1. The first kappa shape index (κ1) is 23.3. The minimum absolute atomic E-state index is 0.0426. The highest BCUT2D eigenvalue weighted by Gasteiger charge is 2.29. The van der Waals surface area contributed by atoms with Gasteiger partial charge in [0.05, 0.1) is 19.0 Å². The summed E-state index contributed by atoms with van der Waals surface area (Å²) in [7, 11) is 1.63. The van der Waals surface area contributed by atoms with Gasteiger partial charge in [0.1, 0.15) is 17.0 Å². The van der Waals surface area contributed by atoms with Crippen LogP contribution in [0.4, 0.5) is 0 Å². The lowest BCUT2D eigenvalue weighted by Gasteiger charge is -2.25. The van der Waals surface area contributed by atoms with Crippen LogP contribution in [0.2, 0.25) is 0 Å². The molecule has 1 amide bonds. The third-order valence-corrected chi connectivity index (χ3v) is 8.05. The van der Waals surface area contributed by atoms with Crippen molar-refractivity contribution in [3.8, 4) is 16.2 Å². The molecule has 0 bridgehead atoms. The van der Waals surface area contributed by atoms with Gasteiger partial charge in [-0.25, -0.2) is 4.98 Å². The Bertz CT molecular complexity index is 1440. The number of thiophene rings is 1. The monoisotopic (exact) mass is 487 g/mol. The molecular formula is C28H29N3O3S. The number of fused-ring (bicyclic) bond motifs is 2. The van der Waals surface area contributed by atoms with E-state index < -0.39 is 0 Å². The average Bonchev–Trinajstić information content (AvgIpc) is 3.25. The molecule has 6 nitrogen and oxygen atoms in total. The Morgan fingerprint density at radius 3 is 2.74 bits per heavy atom. The first-order chi connectivity index (χ1) is 16.8. The van der Waals surface area contributed by atoms with Crippen LogP contribution in [0.25, 0.3) is 20.7 Å². The van der Waals surface area contributed by atoms with Gasteiger partial charge in [-0.05, 0) is 71.7 Å². The Morgan fingerprint density at radius 2 is 1.97 bits per heavy atom. The second-order valence-corrected chi connectivity index (χ2v) is 10.8. The van der Waals surface area contributed by atoms with Crippen molar-refractivity contribution >= 4 is 27.5 Å². The molecule has 0 fully saturated rings. The van der Waals surface area contributed by atoms with Crippen LogP contribution in [0.15, 0.2) is 65.7 Å². The van der Waals surface area contributed by atoms with Gasteiger partial charge in [0, 0.05) is 10.9 Å². The molecule has 1 N–H and O–H groups in total. The Balaban J connectivity index is 1.32. The maximum absolute atomic E-state index is 13.1. The predicted octanol–water partition coefficient (Wildman–Crippen LogP) is 4.93. The van der Waals surface area contributed by atoms with Crippen molar-refractivity contribution in [2.24, 2.45) is 0 Å². The van der Waals surface area contributed by atoms with Crippen LogP contribution in [0.1, 0.15) is 37.8 Å². The van der Waals surface area contributed by atoms with E-state index >= 15 is 0 Å². The normalized spacial score (nSPS) is 16.9. The van der Waals surface area contributed by atoms with E-state index in [-0.39, 0.29) is 29.5 Å². The average molecular weight is 488 g/mol. The molecule has 1 unspecified atom stereocenters. The van der Waals surface area contributed by atoms with Crippen molar-refractivity contribution in [2.45, 2.75) is 51.1 Å². The van der Waals surface area contributed by atoms with Crippen LogP contribution < -0.4 is 15.6 Å². The number of methoxy groups -OCH3 is 1. The largest absolute Gasteiger partial charge is 0.497 e. The number of aromatic nitrogens is 2. The van der Waals surface area contributed by atoms with Crippen LogP contribution in [0, 0.1) is 0 Å². The Hall–Kier alpha value is -3.45. The van der Waals surface area contributed by atoms with Crippen LogP contribution in [-0.4, -0.2) is 28.6 Å². The van der Waals surface area contributed by atoms with Crippen LogP contribution in [-0.2, 0) is 23.2 Å². The van der Waals surface area contributed by atoms with Crippen LogP contribution in [0.5, 0.6) is 5.75 Å². The van der Waals surface area contributed by atoms with E-state index in [9.17, 15) is 9.59 Å². The number of amides is 1. The second-order valence-electron chi connectivity index (χ2n) is 9.78. The van der Waals surface area contributed by atoms with Gasteiger partial charge >= 0.3 is 0 Å². The standard InChI is InChI=1S/C28H29N3O3S/c1-28(2)13-12-20(14-19-6-4-5-7-22(19)28)30-25(32)16-31-17-29-23-15-24(35-26(23)27(31)33)18-8-10-21(34-3)11-9-18/h4-11,15,17,20H,12-14,16H2,1-3H3,(H,30,32). The molecule has 1 aliphatic rings. The number of hydrogen-bond acceptors (Lipinski definition) is 5. The van der Waals surface area contributed by atoms with Crippen molar-refractivity contribution in [1.82, 2.24) is 14.9 Å². The summed E-state index contributed by atoms with van der Waals surface area (Å²) in [5.74, 6) is 0.615. The van der Waals surface area contributed by atoms with E-state index in [1.807, 2.05) is 30.3 Å². The minimum atomic E-state index is -0.192. The number of hydrogen-bond donors (Lipinski definition) is 1. The molecule has 7 heteroatoms. The quantitative estimate of drug-likeness (QED) is 0.405. The van der Waals surface area contributed by atoms with E-state index in [0.29, 0.717) is 10.2 Å². The lowest BCUT2D eigenvalue weighted by molar-refractivity contribution is -0.122. The molecule has 4 aromatic rings. The Morgan fingerprint density at radius 1 is 1.20 bits per heavy atom. The molecule has 1 atom stereocenters. The number of carbonyl (C=O) groups excluding carboxylic acids is 1. The first-order valence-corrected chi connectivity index (χ1v) is 12.7. The summed E-state index contributed by atoms with van der Waals surface area (Å²) in [6.45, 7) is 4.48. The fourth-order valence-corrected chi connectivity index (χ4v) is 5.97. The van der Waals surface area contributed by atoms with Crippen molar-refractivity contribution in [3.63, 3.8) is 0 Å². The summed E-state index contributed by atoms with van der Waals surface area (Å²) in [4.78, 5) is 31.5. The summed E-state index contributed by atoms with van der Waals surface area (Å²) >= 11 is 1.39. The summed E-state index contributed by atoms with van der Waals surface area (Å²) in [6, 6.07) is 18.2. The zero-order valence-electron chi connectivity index (χ0n) is 20.2. The van der Waals surface area contributed by atoms with E-state index in [4.69, 9.17) is 4.74 Å². The first-order valence-electron chi connectivity index (χ1n) is 11.9. The molecule has 1 aliphatic carbocycles. The summed E-state index contributed by atoms with van der Waals surface area (Å²) < 4.78 is 7.18. The van der Waals surface area contributed by atoms with Crippen LogP contribution >= 0.6 is 11.3 Å². The van der Waals surface area contributed by atoms with Gasteiger partial charge in [-0.15, -0.1) is 11.3 Å². The van der Waals surface area contributed by atoms with Crippen molar-refractivity contribution in [2.75, 3.05) is 7.11 Å². The Labute approximate surface area is 208 Å². The van der Waals surface area contributed by atoms with Gasteiger partial charge in [-0.2, -0.15) is 0 Å².